The van der Waals surface area contributed by atoms with Gasteiger partial charge >= 0.3 is 5.97 Å². The molecule has 0 bridgehead atoms. The summed E-state index contributed by atoms with van der Waals surface area (Å²) < 4.78 is 0. The van der Waals surface area contributed by atoms with Crippen LogP contribution in [-0.2, 0) is 6.54 Å². The number of nitrogens with one attached hydrogen (secondary N) is 2. The van der Waals surface area contributed by atoms with Crippen LogP contribution in [0.25, 0.3) is 11.0 Å². The molecule has 4 rings (SSSR count). The number of benzene rings is 1. The number of piperidine rings is 1. The van der Waals surface area contributed by atoms with Gasteiger partial charge in [0.15, 0.2) is 0 Å². The number of nitrogens with zero attached hydrogens (tertiary/aromatic N) is 2. The third-order valence-electron chi connectivity index (χ3n) is 5.39. The van der Waals surface area contributed by atoms with Crippen molar-refractivity contribution < 1.29 is 9.90 Å². The Balaban J connectivity index is 1.50. The molecule has 0 radical (unpaired) electrons. The lowest BCUT2D eigenvalue weighted by atomic mass is 9.92. The molecule has 1 fully saturated rings. The summed E-state index contributed by atoms with van der Waals surface area (Å²) in [5, 5.41) is 13.9. The Bertz CT molecular complexity index is 938. The zero-order chi connectivity index (χ0) is 18.8. The van der Waals surface area contributed by atoms with Crippen molar-refractivity contribution in [3.63, 3.8) is 0 Å². The van der Waals surface area contributed by atoms with Gasteiger partial charge in [-0.25, -0.2) is 9.78 Å². The Labute approximate surface area is 158 Å². The molecule has 0 unspecified atom stereocenters. The number of hydrogen-bond donors (Lipinski definition) is 3. The number of carboxylic acids is 1. The summed E-state index contributed by atoms with van der Waals surface area (Å²) in [4.78, 5) is 21.4. The summed E-state index contributed by atoms with van der Waals surface area (Å²) in [6.07, 6.45) is 4.19. The van der Waals surface area contributed by atoms with Gasteiger partial charge in [-0.05, 0) is 24.0 Å². The summed E-state index contributed by atoms with van der Waals surface area (Å²) in [6.45, 7) is 5.15. The number of likely N-dealkylation sites (tertiary alicyclic amines) is 1. The van der Waals surface area contributed by atoms with E-state index in [0.29, 0.717) is 17.3 Å². The molecule has 6 heteroatoms. The van der Waals surface area contributed by atoms with E-state index >= 15 is 0 Å². The van der Waals surface area contributed by atoms with Gasteiger partial charge in [0.25, 0.3) is 0 Å². The van der Waals surface area contributed by atoms with Crippen LogP contribution >= 0.6 is 0 Å². The Morgan fingerprint density at radius 3 is 2.89 bits per heavy atom. The summed E-state index contributed by atoms with van der Waals surface area (Å²) in [6, 6.07) is 12.6. The number of H-pyrrole nitrogens is 1. The van der Waals surface area contributed by atoms with Crippen LogP contribution in [-0.4, -0.2) is 45.1 Å². The maximum Gasteiger partial charge on any atom is 0.339 e. The van der Waals surface area contributed by atoms with E-state index in [4.69, 9.17) is 0 Å². The molecule has 1 saturated heterocycles. The van der Waals surface area contributed by atoms with E-state index in [9.17, 15) is 9.90 Å². The molecule has 3 aromatic rings. The number of aromatic carboxylic acids is 1. The first kappa shape index (κ1) is 17.5. The fourth-order valence-electron chi connectivity index (χ4n) is 3.94. The lowest BCUT2D eigenvalue weighted by Gasteiger charge is -2.38. The molecule has 6 nitrogen and oxygen atoms in total. The highest BCUT2D eigenvalue weighted by molar-refractivity contribution is 6.03. The predicted octanol–water partition coefficient (Wildman–Crippen LogP) is 3.58. The maximum absolute atomic E-state index is 11.7. The Kier molecular flexibility index (Phi) is 4.81. The Hall–Kier alpha value is -2.86. The van der Waals surface area contributed by atoms with E-state index in [1.807, 2.05) is 12.1 Å². The topological polar surface area (TPSA) is 81.2 Å². The van der Waals surface area contributed by atoms with Crippen molar-refractivity contribution in [3.8, 4) is 0 Å². The van der Waals surface area contributed by atoms with E-state index in [0.717, 1.165) is 31.4 Å². The average Bonchev–Trinajstić information content (AvgIpc) is 3.14. The van der Waals surface area contributed by atoms with Gasteiger partial charge in [0.1, 0.15) is 11.2 Å². The molecule has 1 aromatic carbocycles. The third kappa shape index (κ3) is 3.66. The SMILES string of the molecule is C[C@H]1CN(Cc2ccccc2)CC[C@@H]1Nc1c(C(=O)O)cnc2[nH]ccc12. The van der Waals surface area contributed by atoms with Crippen LogP contribution in [0.1, 0.15) is 29.3 Å². The predicted molar refractivity (Wildman–Crippen MR) is 106 cm³/mol. The van der Waals surface area contributed by atoms with Gasteiger partial charge in [0, 0.05) is 43.5 Å². The number of carboxylic acid groups (broad SMARTS) is 1. The highest BCUT2D eigenvalue weighted by atomic mass is 16.4. The molecule has 1 aliphatic heterocycles. The van der Waals surface area contributed by atoms with E-state index < -0.39 is 5.97 Å². The molecule has 2 atom stereocenters. The van der Waals surface area contributed by atoms with Crippen LogP contribution in [0.3, 0.4) is 0 Å². The molecule has 2 aromatic heterocycles. The number of anilines is 1. The highest BCUT2D eigenvalue weighted by Crippen LogP contribution is 2.29. The molecule has 140 valence electrons. The first-order valence-corrected chi connectivity index (χ1v) is 9.34. The molecule has 0 saturated carbocycles. The van der Waals surface area contributed by atoms with Crippen LogP contribution in [0.2, 0.25) is 0 Å². The maximum atomic E-state index is 11.7. The van der Waals surface area contributed by atoms with Crippen molar-refractivity contribution in [1.82, 2.24) is 14.9 Å². The van der Waals surface area contributed by atoms with Crippen LogP contribution in [0.4, 0.5) is 5.69 Å². The average molecular weight is 364 g/mol. The monoisotopic (exact) mass is 364 g/mol. The summed E-state index contributed by atoms with van der Waals surface area (Å²) >= 11 is 0. The molecule has 3 N–H and O–H groups in total. The Morgan fingerprint density at radius 2 is 2.15 bits per heavy atom. The van der Waals surface area contributed by atoms with Gasteiger partial charge in [-0.15, -0.1) is 0 Å². The van der Waals surface area contributed by atoms with Crippen molar-refractivity contribution in [2.45, 2.75) is 25.9 Å². The fraction of sp³-hybridized carbons (Fsp3) is 0.333. The van der Waals surface area contributed by atoms with Gasteiger partial charge < -0.3 is 15.4 Å². The Morgan fingerprint density at radius 1 is 1.33 bits per heavy atom. The number of aromatic amines is 1. The van der Waals surface area contributed by atoms with E-state index in [1.165, 1.54) is 11.8 Å². The minimum absolute atomic E-state index is 0.223. The minimum atomic E-state index is -0.956. The molecular formula is C21H24N4O2. The number of aromatic nitrogens is 2. The fourth-order valence-corrected chi connectivity index (χ4v) is 3.94. The molecular weight excluding hydrogens is 340 g/mol. The van der Waals surface area contributed by atoms with Crippen molar-refractivity contribution in [2.75, 3.05) is 18.4 Å². The third-order valence-corrected chi connectivity index (χ3v) is 5.39. The van der Waals surface area contributed by atoms with Crippen LogP contribution in [0, 0.1) is 5.92 Å². The minimum Gasteiger partial charge on any atom is -0.478 e. The van der Waals surface area contributed by atoms with E-state index in [-0.39, 0.29) is 11.6 Å². The van der Waals surface area contributed by atoms with Gasteiger partial charge in [-0.3, -0.25) is 4.90 Å². The normalized spacial score (nSPS) is 20.6. The van der Waals surface area contributed by atoms with Gasteiger partial charge in [-0.2, -0.15) is 0 Å². The standard InChI is InChI=1S/C21H24N4O2/c1-14-12-25(13-15-5-3-2-4-6-15)10-8-18(14)24-19-16-7-9-22-20(16)23-11-17(19)21(26)27/h2-7,9,11,14,18H,8,10,12-13H2,1H3,(H,26,27)(H2,22,23,24)/t14-,18-/m0/s1. The quantitative estimate of drug-likeness (QED) is 0.645. The molecule has 1 aliphatic rings. The zero-order valence-electron chi connectivity index (χ0n) is 15.4. The summed E-state index contributed by atoms with van der Waals surface area (Å²) in [7, 11) is 0. The van der Waals surface area contributed by atoms with Gasteiger partial charge in [0.2, 0.25) is 0 Å². The van der Waals surface area contributed by atoms with Crippen LogP contribution < -0.4 is 5.32 Å². The lowest BCUT2D eigenvalue weighted by Crippen LogP contribution is -2.45. The van der Waals surface area contributed by atoms with Crippen molar-refractivity contribution in [2.24, 2.45) is 5.92 Å². The van der Waals surface area contributed by atoms with Crippen LogP contribution in [0.15, 0.2) is 48.8 Å². The zero-order valence-corrected chi connectivity index (χ0v) is 15.4. The first-order chi connectivity index (χ1) is 13.1. The number of hydrogen-bond acceptors (Lipinski definition) is 4. The van der Waals surface area contributed by atoms with Gasteiger partial charge in [-0.1, -0.05) is 37.3 Å². The highest BCUT2D eigenvalue weighted by Gasteiger charge is 2.28. The number of pyridine rings is 1. The van der Waals surface area contributed by atoms with E-state index in [2.05, 4.69) is 51.4 Å². The molecule has 0 spiro atoms. The summed E-state index contributed by atoms with van der Waals surface area (Å²) in [5.74, 6) is -0.548. The smallest absolute Gasteiger partial charge is 0.339 e. The van der Waals surface area contributed by atoms with Crippen LogP contribution in [0.5, 0.6) is 0 Å². The second-order valence-electron chi connectivity index (χ2n) is 7.33. The molecule has 27 heavy (non-hydrogen) atoms. The number of carbonyl (C=O) groups is 1. The molecule has 0 amide bonds. The van der Waals surface area contributed by atoms with Crippen molar-refractivity contribution in [1.29, 1.82) is 0 Å². The largest absolute Gasteiger partial charge is 0.478 e. The lowest BCUT2D eigenvalue weighted by molar-refractivity contribution is 0.0697. The number of fused-ring (bicyclic) bond motifs is 1. The first-order valence-electron chi connectivity index (χ1n) is 9.34. The second kappa shape index (κ2) is 7.40. The molecule has 0 aliphatic carbocycles. The second-order valence-corrected chi connectivity index (χ2v) is 7.33. The molecule has 3 heterocycles. The van der Waals surface area contributed by atoms with E-state index in [1.54, 1.807) is 6.20 Å². The van der Waals surface area contributed by atoms with Crippen molar-refractivity contribution >= 4 is 22.7 Å². The summed E-state index contributed by atoms with van der Waals surface area (Å²) in [5.41, 5.74) is 2.92. The number of rotatable bonds is 5. The van der Waals surface area contributed by atoms with Crippen molar-refractivity contribution in [3.05, 3.63) is 59.9 Å². The van der Waals surface area contributed by atoms with Gasteiger partial charge in [0.05, 0.1) is 5.69 Å².